The lowest BCUT2D eigenvalue weighted by Gasteiger charge is -2.09. The Kier molecular flexibility index (Phi) is 9.77. The summed E-state index contributed by atoms with van der Waals surface area (Å²) in [5.41, 5.74) is 0. The van der Waals surface area contributed by atoms with E-state index in [4.69, 9.17) is 14.9 Å². The van der Waals surface area contributed by atoms with Crippen LogP contribution < -0.4 is 0 Å². The maximum atomic E-state index is 8.21. The predicted octanol–water partition coefficient (Wildman–Crippen LogP) is 0.548. The van der Waals surface area contributed by atoms with Crippen molar-refractivity contribution < 1.29 is 14.9 Å². The molecule has 0 bridgehead atoms. The second kappa shape index (κ2) is 9.88. The zero-order valence-corrected chi connectivity index (χ0v) is 6.96. The molecule has 0 unspecified atom stereocenters. The van der Waals surface area contributed by atoms with Crippen molar-refractivity contribution in [2.24, 2.45) is 0 Å². The molecular weight excluding hydrogens is 144 g/mol. The second-order valence-electron chi connectivity index (χ2n) is 2.47. The largest absolute Gasteiger partial charge is 0.396 e. The van der Waals surface area contributed by atoms with Crippen LogP contribution in [-0.2, 0) is 4.74 Å². The van der Waals surface area contributed by atoms with Crippen LogP contribution in [-0.4, -0.2) is 36.6 Å². The van der Waals surface area contributed by atoms with Gasteiger partial charge in [-0.25, -0.2) is 0 Å². The highest BCUT2D eigenvalue weighted by atomic mass is 16.5. The van der Waals surface area contributed by atoms with Crippen LogP contribution in [0, 0.1) is 0 Å². The normalized spacial score (nSPS) is 14.7. The van der Waals surface area contributed by atoms with E-state index in [1.54, 1.807) is 0 Å². The van der Waals surface area contributed by atoms with Crippen molar-refractivity contribution >= 4 is 0 Å². The molecule has 0 radical (unpaired) electrons. The summed E-state index contributed by atoms with van der Waals surface area (Å²) in [7, 11) is 0. The van der Waals surface area contributed by atoms with Crippen LogP contribution in [0.25, 0.3) is 0 Å². The summed E-state index contributed by atoms with van der Waals surface area (Å²) >= 11 is 0. The van der Waals surface area contributed by atoms with Crippen molar-refractivity contribution in [3.05, 3.63) is 0 Å². The zero-order chi connectivity index (χ0) is 8.36. The fourth-order valence-electron chi connectivity index (χ4n) is 0.545. The fourth-order valence-corrected chi connectivity index (χ4v) is 0.545. The van der Waals surface area contributed by atoms with Crippen LogP contribution in [0.4, 0.5) is 0 Å². The minimum Gasteiger partial charge on any atom is -0.396 e. The molecule has 1 heterocycles. The minimum atomic E-state index is 0.250. The number of hydrogen-bond donors (Lipinski definition) is 2. The second-order valence-corrected chi connectivity index (χ2v) is 2.47. The molecule has 1 fully saturated rings. The molecule has 0 aromatic rings. The van der Waals surface area contributed by atoms with Gasteiger partial charge in [0, 0.05) is 26.4 Å². The number of aliphatic hydroxyl groups excluding tert-OH is 2. The quantitative estimate of drug-likeness (QED) is 0.593. The van der Waals surface area contributed by atoms with Crippen LogP contribution in [0.2, 0.25) is 0 Å². The van der Waals surface area contributed by atoms with Gasteiger partial charge >= 0.3 is 0 Å². The molecule has 0 atom stereocenters. The molecule has 1 saturated heterocycles. The van der Waals surface area contributed by atoms with Gasteiger partial charge in [-0.1, -0.05) is 0 Å². The van der Waals surface area contributed by atoms with Crippen LogP contribution in [0.1, 0.15) is 25.7 Å². The molecular formula is C8H18O3. The van der Waals surface area contributed by atoms with E-state index in [2.05, 4.69) is 0 Å². The van der Waals surface area contributed by atoms with Crippen LogP contribution >= 0.6 is 0 Å². The molecule has 68 valence electrons. The zero-order valence-electron chi connectivity index (χ0n) is 6.96. The topological polar surface area (TPSA) is 49.7 Å². The highest BCUT2D eigenvalue weighted by Gasteiger charge is 1.94. The molecule has 1 aliphatic heterocycles. The Hall–Kier alpha value is -0.120. The van der Waals surface area contributed by atoms with Gasteiger partial charge < -0.3 is 14.9 Å². The Morgan fingerprint density at radius 3 is 1.45 bits per heavy atom. The van der Waals surface area contributed by atoms with E-state index < -0.39 is 0 Å². The smallest absolute Gasteiger partial charge is 0.0488 e. The summed E-state index contributed by atoms with van der Waals surface area (Å²) in [5.74, 6) is 0. The monoisotopic (exact) mass is 162 g/mol. The molecule has 0 saturated carbocycles. The number of unbranched alkanes of at least 4 members (excludes halogenated alkanes) is 2. The third-order valence-corrected chi connectivity index (χ3v) is 1.39. The van der Waals surface area contributed by atoms with Gasteiger partial charge in [0.25, 0.3) is 0 Å². The maximum absolute atomic E-state index is 8.21. The van der Waals surface area contributed by atoms with Gasteiger partial charge in [0.05, 0.1) is 0 Å². The minimum absolute atomic E-state index is 0.250. The van der Waals surface area contributed by atoms with Crippen molar-refractivity contribution in [1.29, 1.82) is 0 Å². The third kappa shape index (κ3) is 9.88. The fraction of sp³-hybridized carbons (Fsp3) is 1.00. The Labute approximate surface area is 68.0 Å². The van der Waals surface area contributed by atoms with Gasteiger partial charge in [-0.2, -0.15) is 0 Å². The summed E-state index contributed by atoms with van der Waals surface area (Å²) < 4.78 is 4.72. The van der Waals surface area contributed by atoms with E-state index in [9.17, 15) is 0 Å². The molecule has 3 heteroatoms. The van der Waals surface area contributed by atoms with Crippen LogP contribution in [0.5, 0.6) is 0 Å². The molecule has 0 spiro atoms. The maximum Gasteiger partial charge on any atom is 0.0488 e. The van der Waals surface area contributed by atoms with Crippen molar-refractivity contribution in [3.63, 3.8) is 0 Å². The molecule has 3 nitrogen and oxygen atoms in total. The highest BCUT2D eigenvalue weighted by Crippen LogP contribution is 1.93. The molecule has 0 aromatic heterocycles. The lowest BCUT2D eigenvalue weighted by molar-refractivity contribution is 0.0367. The van der Waals surface area contributed by atoms with E-state index in [0.717, 1.165) is 32.5 Å². The van der Waals surface area contributed by atoms with Crippen LogP contribution in [0.3, 0.4) is 0 Å². The molecule has 0 aliphatic carbocycles. The summed E-state index contributed by atoms with van der Waals surface area (Å²) in [5, 5.41) is 16.4. The van der Waals surface area contributed by atoms with Gasteiger partial charge in [0.2, 0.25) is 0 Å². The van der Waals surface area contributed by atoms with Crippen molar-refractivity contribution in [3.8, 4) is 0 Å². The Morgan fingerprint density at radius 2 is 1.27 bits per heavy atom. The molecule has 11 heavy (non-hydrogen) atoms. The predicted molar refractivity (Wildman–Crippen MR) is 43.5 cm³/mol. The average molecular weight is 162 g/mol. The van der Waals surface area contributed by atoms with Crippen molar-refractivity contribution in [2.75, 3.05) is 26.4 Å². The first kappa shape index (κ1) is 10.9. The Morgan fingerprint density at radius 1 is 0.909 bits per heavy atom. The van der Waals surface area contributed by atoms with E-state index in [0.29, 0.717) is 0 Å². The SMILES string of the molecule is C1COC1.OCCCCCO. The van der Waals surface area contributed by atoms with Gasteiger partial charge in [0.1, 0.15) is 0 Å². The van der Waals surface area contributed by atoms with E-state index in [-0.39, 0.29) is 13.2 Å². The summed E-state index contributed by atoms with van der Waals surface area (Å²) in [6.07, 6.45) is 3.86. The van der Waals surface area contributed by atoms with Crippen LogP contribution in [0.15, 0.2) is 0 Å². The molecule has 2 N–H and O–H groups in total. The average Bonchev–Trinajstić information content (AvgIpc) is 1.85. The summed E-state index contributed by atoms with van der Waals surface area (Å²) in [6, 6.07) is 0. The standard InChI is InChI=1S/C5H12O2.C3H6O/c6-4-2-1-3-5-7;1-2-4-3-1/h6-7H,1-5H2;1-3H2. The van der Waals surface area contributed by atoms with Gasteiger partial charge in [0.15, 0.2) is 0 Å². The number of ether oxygens (including phenoxy) is 1. The summed E-state index contributed by atoms with van der Waals surface area (Å²) in [4.78, 5) is 0. The first-order chi connectivity index (χ1) is 5.41. The van der Waals surface area contributed by atoms with Crippen molar-refractivity contribution in [1.82, 2.24) is 0 Å². The number of rotatable bonds is 4. The number of aliphatic hydroxyl groups is 2. The molecule has 1 aliphatic rings. The van der Waals surface area contributed by atoms with Gasteiger partial charge in [-0.3, -0.25) is 0 Å². The van der Waals surface area contributed by atoms with E-state index in [1.165, 1.54) is 6.42 Å². The van der Waals surface area contributed by atoms with Crippen molar-refractivity contribution in [2.45, 2.75) is 25.7 Å². The Balaban J connectivity index is 0.000000207. The lowest BCUT2D eigenvalue weighted by Crippen LogP contribution is -2.09. The first-order valence-corrected chi connectivity index (χ1v) is 4.21. The Bertz CT molecular complexity index is 54.4. The van der Waals surface area contributed by atoms with E-state index in [1.807, 2.05) is 0 Å². The summed E-state index contributed by atoms with van der Waals surface area (Å²) in [6.45, 7) is 2.50. The molecule has 0 aromatic carbocycles. The van der Waals surface area contributed by atoms with E-state index >= 15 is 0 Å². The number of hydrogen-bond acceptors (Lipinski definition) is 3. The van der Waals surface area contributed by atoms with Gasteiger partial charge in [-0.05, 0) is 25.7 Å². The lowest BCUT2D eigenvalue weighted by atomic mass is 10.2. The first-order valence-electron chi connectivity index (χ1n) is 4.21. The highest BCUT2D eigenvalue weighted by molar-refractivity contribution is 4.41. The van der Waals surface area contributed by atoms with Gasteiger partial charge in [-0.15, -0.1) is 0 Å². The third-order valence-electron chi connectivity index (χ3n) is 1.39. The molecule has 1 rings (SSSR count). The molecule has 0 amide bonds.